The molecule has 0 fully saturated rings. The van der Waals surface area contributed by atoms with Gasteiger partial charge in [0.05, 0.1) is 12.7 Å². The van der Waals surface area contributed by atoms with Gasteiger partial charge in [0.2, 0.25) is 0 Å². The summed E-state index contributed by atoms with van der Waals surface area (Å²) in [4.78, 5) is 11.2. The summed E-state index contributed by atoms with van der Waals surface area (Å²) < 4.78 is 5.13. The normalized spacial score (nSPS) is 10.1. The van der Waals surface area contributed by atoms with Gasteiger partial charge in [0.25, 0.3) is 0 Å². The van der Waals surface area contributed by atoms with Crippen LogP contribution < -0.4 is 4.74 Å². The molecule has 2 rings (SSSR count). The average Bonchev–Trinajstić information content (AvgIpc) is 2.38. The van der Waals surface area contributed by atoms with Gasteiger partial charge in [-0.25, -0.2) is 4.79 Å². The predicted molar refractivity (Wildman–Crippen MR) is 70.4 cm³/mol. The van der Waals surface area contributed by atoms with Crippen LogP contribution in [0.4, 0.5) is 0 Å². The molecule has 1 N–H and O–H groups in total. The summed E-state index contributed by atoms with van der Waals surface area (Å²) in [5.41, 5.74) is 1.57. The maximum Gasteiger partial charge on any atom is 0.336 e. The molecule has 92 valence electrons. The Labute approximate surface area is 110 Å². The summed E-state index contributed by atoms with van der Waals surface area (Å²) in [6, 6.07) is 12.0. The lowest BCUT2D eigenvalue weighted by atomic mass is 9.99. The van der Waals surface area contributed by atoms with Gasteiger partial charge >= 0.3 is 5.97 Å². The molecule has 0 radical (unpaired) electrons. The quantitative estimate of drug-likeness (QED) is 0.917. The van der Waals surface area contributed by atoms with Gasteiger partial charge in [0.15, 0.2) is 0 Å². The van der Waals surface area contributed by atoms with Crippen LogP contribution in [0, 0.1) is 0 Å². The van der Waals surface area contributed by atoms with Crippen LogP contribution in [0.2, 0.25) is 5.02 Å². The lowest BCUT2D eigenvalue weighted by Gasteiger charge is -2.08. The number of carboxylic acids is 1. The molecule has 2 aromatic rings. The van der Waals surface area contributed by atoms with E-state index in [0.29, 0.717) is 16.3 Å². The van der Waals surface area contributed by atoms with E-state index in [1.54, 1.807) is 31.4 Å². The Hall–Kier alpha value is -2.00. The molecule has 0 amide bonds. The highest BCUT2D eigenvalue weighted by molar-refractivity contribution is 6.31. The fraction of sp³-hybridized carbons (Fsp3) is 0.0714. The van der Waals surface area contributed by atoms with Crippen molar-refractivity contribution < 1.29 is 14.6 Å². The fourth-order valence-corrected chi connectivity index (χ4v) is 1.91. The Balaban J connectivity index is 2.59. The Morgan fingerprint density at radius 2 is 2.00 bits per heavy atom. The minimum absolute atomic E-state index is 0.177. The van der Waals surface area contributed by atoms with Gasteiger partial charge in [-0.05, 0) is 35.4 Å². The highest BCUT2D eigenvalue weighted by Crippen LogP contribution is 2.29. The predicted octanol–water partition coefficient (Wildman–Crippen LogP) is 3.71. The highest BCUT2D eigenvalue weighted by Gasteiger charge is 2.12. The minimum atomic E-state index is -1.00. The average molecular weight is 263 g/mol. The van der Waals surface area contributed by atoms with Gasteiger partial charge < -0.3 is 9.84 Å². The van der Waals surface area contributed by atoms with Gasteiger partial charge in [-0.15, -0.1) is 0 Å². The molecule has 0 aliphatic heterocycles. The Morgan fingerprint density at radius 3 is 2.67 bits per heavy atom. The van der Waals surface area contributed by atoms with Crippen molar-refractivity contribution in [2.45, 2.75) is 0 Å². The standard InChI is InChI=1S/C14H11ClO3/c1-18-11-4-2-3-9(7-11)12-6-5-10(15)8-13(12)14(16)17/h2-8H,1H3,(H,16,17). The van der Waals surface area contributed by atoms with Gasteiger partial charge in [-0.1, -0.05) is 29.8 Å². The number of hydrogen-bond donors (Lipinski definition) is 1. The number of carboxylic acid groups (broad SMARTS) is 1. The number of carbonyl (C=O) groups is 1. The summed E-state index contributed by atoms with van der Waals surface area (Å²) >= 11 is 5.82. The van der Waals surface area contributed by atoms with E-state index in [1.165, 1.54) is 6.07 Å². The van der Waals surface area contributed by atoms with E-state index in [0.717, 1.165) is 5.56 Å². The van der Waals surface area contributed by atoms with Crippen molar-refractivity contribution in [1.82, 2.24) is 0 Å². The largest absolute Gasteiger partial charge is 0.497 e. The summed E-state index contributed by atoms with van der Waals surface area (Å²) in [5, 5.41) is 9.59. The van der Waals surface area contributed by atoms with Crippen molar-refractivity contribution in [3.63, 3.8) is 0 Å². The van der Waals surface area contributed by atoms with Crippen LogP contribution in [-0.2, 0) is 0 Å². The van der Waals surface area contributed by atoms with Gasteiger partial charge in [-0.3, -0.25) is 0 Å². The topological polar surface area (TPSA) is 46.5 Å². The molecular weight excluding hydrogens is 252 g/mol. The minimum Gasteiger partial charge on any atom is -0.497 e. The van der Waals surface area contributed by atoms with Crippen LogP contribution >= 0.6 is 11.6 Å². The van der Waals surface area contributed by atoms with E-state index in [9.17, 15) is 9.90 Å². The van der Waals surface area contributed by atoms with E-state index in [2.05, 4.69) is 0 Å². The molecule has 0 saturated carbocycles. The van der Waals surface area contributed by atoms with Gasteiger partial charge in [0, 0.05) is 5.02 Å². The molecule has 0 spiro atoms. The first-order chi connectivity index (χ1) is 8.61. The van der Waals surface area contributed by atoms with Crippen LogP contribution in [-0.4, -0.2) is 18.2 Å². The van der Waals surface area contributed by atoms with Crippen molar-refractivity contribution in [2.24, 2.45) is 0 Å². The number of benzene rings is 2. The van der Waals surface area contributed by atoms with E-state index in [4.69, 9.17) is 16.3 Å². The maximum atomic E-state index is 11.2. The van der Waals surface area contributed by atoms with E-state index in [1.807, 2.05) is 12.1 Å². The Bertz CT molecular complexity index is 593. The lowest BCUT2D eigenvalue weighted by Crippen LogP contribution is -1.99. The van der Waals surface area contributed by atoms with Gasteiger partial charge in [0.1, 0.15) is 5.75 Å². The molecule has 18 heavy (non-hydrogen) atoms. The second-order valence-electron chi connectivity index (χ2n) is 3.73. The highest BCUT2D eigenvalue weighted by atomic mass is 35.5. The zero-order valence-electron chi connectivity index (χ0n) is 9.68. The summed E-state index contributed by atoms with van der Waals surface area (Å²) in [7, 11) is 1.57. The van der Waals surface area contributed by atoms with Gasteiger partial charge in [-0.2, -0.15) is 0 Å². The molecule has 0 bridgehead atoms. The zero-order valence-corrected chi connectivity index (χ0v) is 10.4. The van der Waals surface area contributed by atoms with E-state index in [-0.39, 0.29) is 5.56 Å². The molecule has 4 heteroatoms. The van der Waals surface area contributed by atoms with Crippen LogP contribution in [0.3, 0.4) is 0 Å². The number of rotatable bonds is 3. The SMILES string of the molecule is COc1cccc(-c2ccc(Cl)cc2C(=O)O)c1. The Morgan fingerprint density at radius 1 is 1.22 bits per heavy atom. The molecule has 0 saturated heterocycles. The van der Waals surface area contributed by atoms with Crippen LogP contribution in [0.1, 0.15) is 10.4 Å². The van der Waals surface area contributed by atoms with Crippen molar-refractivity contribution in [2.75, 3.05) is 7.11 Å². The van der Waals surface area contributed by atoms with Crippen molar-refractivity contribution in [3.05, 3.63) is 53.1 Å². The third-order valence-electron chi connectivity index (χ3n) is 2.59. The smallest absolute Gasteiger partial charge is 0.336 e. The van der Waals surface area contributed by atoms with Crippen LogP contribution in [0.15, 0.2) is 42.5 Å². The number of methoxy groups -OCH3 is 1. The monoisotopic (exact) mass is 262 g/mol. The van der Waals surface area contributed by atoms with E-state index >= 15 is 0 Å². The summed E-state index contributed by atoms with van der Waals surface area (Å²) in [6.07, 6.45) is 0. The number of halogens is 1. The number of aromatic carboxylic acids is 1. The molecule has 0 heterocycles. The van der Waals surface area contributed by atoms with E-state index < -0.39 is 5.97 Å². The van der Waals surface area contributed by atoms with Crippen LogP contribution in [0.5, 0.6) is 5.75 Å². The third kappa shape index (κ3) is 2.46. The summed E-state index contributed by atoms with van der Waals surface area (Å²) in [5.74, 6) is -0.325. The molecule has 3 nitrogen and oxygen atoms in total. The second kappa shape index (κ2) is 5.10. The molecule has 0 aromatic heterocycles. The zero-order chi connectivity index (χ0) is 13.1. The fourth-order valence-electron chi connectivity index (χ4n) is 1.74. The first-order valence-electron chi connectivity index (χ1n) is 5.29. The molecule has 2 aromatic carbocycles. The van der Waals surface area contributed by atoms with Crippen molar-refractivity contribution in [3.8, 4) is 16.9 Å². The second-order valence-corrected chi connectivity index (χ2v) is 4.16. The number of hydrogen-bond acceptors (Lipinski definition) is 2. The lowest BCUT2D eigenvalue weighted by molar-refractivity contribution is 0.0697. The molecule has 0 unspecified atom stereocenters. The molecule has 0 atom stereocenters. The number of ether oxygens (including phenoxy) is 1. The molecular formula is C14H11ClO3. The van der Waals surface area contributed by atoms with Crippen LogP contribution in [0.25, 0.3) is 11.1 Å². The maximum absolute atomic E-state index is 11.2. The van der Waals surface area contributed by atoms with Crippen molar-refractivity contribution in [1.29, 1.82) is 0 Å². The first-order valence-corrected chi connectivity index (χ1v) is 5.67. The molecule has 0 aliphatic carbocycles. The van der Waals surface area contributed by atoms with Crippen molar-refractivity contribution >= 4 is 17.6 Å². The molecule has 0 aliphatic rings. The Kier molecular flexibility index (Phi) is 3.53. The first kappa shape index (κ1) is 12.5. The third-order valence-corrected chi connectivity index (χ3v) is 2.83. The summed E-state index contributed by atoms with van der Waals surface area (Å²) in [6.45, 7) is 0.